The second-order valence-corrected chi connectivity index (χ2v) is 9.08. The van der Waals surface area contributed by atoms with Gasteiger partial charge in [0.05, 0.1) is 21.8 Å². The third-order valence-electron chi connectivity index (χ3n) is 6.72. The molecule has 0 fully saturated rings. The van der Waals surface area contributed by atoms with E-state index in [9.17, 15) is 14.7 Å². The molecule has 0 saturated carbocycles. The minimum atomic E-state index is -0.538. The highest BCUT2D eigenvalue weighted by Crippen LogP contribution is 2.28. The van der Waals surface area contributed by atoms with Crippen molar-refractivity contribution in [3.05, 3.63) is 138 Å². The highest BCUT2D eigenvalue weighted by molar-refractivity contribution is 5.96. The molecule has 1 aliphatic carbocycles. The van der Waals surface area contributed by atoms with Crippen LogP contribution in [0.15, 0.2) is 94.5 Å². The largest absolute Gasteiger partial charge is 0.506 e. The van der Waals surface area contributed by atoms with Crippen LogP contribution in [-0.4, -0.2) is 10.1 Å². The quantitative estimate of drug-likeness (QED) is 0.378. The SMILES string of the molecule is Cc1ccc(Nc2ccc3nc(=O)/c(=C(\O)c4ccccc4)c4c5ccccc5c(=O)c2c3=4)c(C)c1. The Labute approximate surface area is 206 Å². The number of nitrogens with one attached hydrogen (secondary N) is 1. The maximum atomic E-state index is 13.9. The molecule has 4 aromatic rings. The Morgan fingerprint density at radius 1 is 0.778 bits per heavy atom. The molecule has 0 bridgehead atoms. The van der Waals surface area contributed by atoms with E-state index in [2.05, 4.69) is 16.4 Å². The maximum Gasteiger partial charge on any atom is 0.281 e. The van der Waals surface area contributed by atoms with Crippen LogP contribution in [0.1, 0.15) is 16.7 Å². The number of aliphatic hydroxyl groups excluding tert-OH is 1. The van der Waals surface area contributed by atoms with Gasteiger partial charge >= 0.3 is 0 Å². The van der Waals surface area contributed by atoms with Crippen molar-refractivity contribution < 1.29 is 5.11 Å². The smallest absolute Gasteiger partial charge is 0.281 e. The van der Waals surface area contributed by atoms with Gasteiger partial charge in [-0.15, -0.1) is 0 Å². The van der Waals surface area contributed by atoms with Crippen molar-refractivity contribution in [2.24, 2.45) is 0 Å². The van der Waals surface area contributed by atoms with Gasteiger partial charge in [0.1, 0.15) is 5.76 Å². The van der Waals surface area contributed by atoms with E-state index >= 15 is 0 Å². The minimum absolute atomic E-state index is 0.0959. The molecule has 5 nitrogen and oxygen atoms in total. The molecule has 4 aromatic carbocycles. The van der Waals surface area contributed by atoms with Crippen molar-refractivity contribution in [2.45, 2.75) is 13.8 Å². The Kier molecular flexibility index (Phi) is 4.93. The number of anilines is 2. The lowest BCUT2D eigenvalue weighted by molar-refractivity contribution is 0.506. The highest BCUT2D eigenvalue weighted by Gasteiger charge is 2.18. The lowest BCUT2D eigenvalue weighted by Crippen LogP contribution is -2.33. The molecule has 2 aliphatic rings. The summed E-state index contributed by atoms with van der Waals surface area (Å²) in [4.78, 5) is 31.5. The number of rotatable bonds is 3. The molecule has 6 rings (SSSR count). The summed E-state index contributed by atoms with van der Waals surface area (Å²) in [5.41, 5.74) is 3.95. The van der Waals surface area contributed by atoms with Crippen molar-refractivity contribution in [1.82, 2.24) is 4.98 Å². The number of aromatic nitrogens is 1. The van der Waals surface area contributed by atoms with Gasteiger partial charge in [-0.05, 0) is 43.0 Å². The Morgan fingerprint density at radius 2 is 1.47 bits per heavy atom. The van der Waals surface area contributed by atoms with E-state index in [0.717, 1.165) is 16.8 Å². The maximum absolute atomic E-state index is 13.9. The summed E-state index contributed by atoms with van der Waals surface area (Å²) in [5.74, 6) is -0.159. The Balaban J connectivity index is 1.85. The van der Waals surface area contributed by atoms with E-state index < -0.39 is 5.56 Å². The van der Waals surface area contributed by atoms with Gasteiger partial charge in [0, 0.05) is 27.1 Å². The predicted octanol–water partition coefficient (Wildman–Crippen LogP) is 5.06. The van der Waals surface area contributed by atoms with Crippen LogP contribution in [0.25, 0.3) is 27.4 Å². The zero-order valence-corrected chi connectivity index (χ0v) is 19.8. The molecule has 1 heterocycles. The zero-order valence-electron chi connectivity index (χ0n) is 19.8. The fraction of sp³-hybridized carbons (Fsp3) is 0.0645. The fourth-order valence-electron chi connectivity index (χ4n) is 5.04. The number of nitrogens with zero attached hydrogens (tertiary/aromatic N) is 1. The van der Waals surface area contributed by atoms with Crippen LogP contribution in [0.3, 0.4) is 0 Å². The topological polar surface area (TPSA) is 79.3 Å². The summed E-state index contributed by atoms with van der Waals surface area (Å²) < 4.78 is 0. The van der Waals surface area contributed by atoms with Crippen molar-refractivity contribution in [3.63, 3.8) is 0 Å². The number of aliphatic hydroxyl groups is 1. The van der Waals surface area contributed by atoms with E-state index in [1.165, 1.54) is 0 Å². The Morgan fingerprint density at radius 3 is 2.22 bits per heavy atom. The van der Waals surface area contributed by atoms with Crippen molar-refractivity contribution in [2.75, 3.05) is 5.32 Å². The van der Waals surface area contributed by atoms with Gasteiger partial charge < -0.3 is 10.4 Å². The molecule has 0 radical (unpaired) electrons. The van der Waals surface area contributed by atoms with Crippen LogP contribution in [0.2, 0.25) is 0 Å². The lowest BCUT2D eigenvalue weighted by atomic mass is 9.96. The number of hydrogen-bond donors (Lipinski definition) is 2. The molecule has 1 aliphatic heterocycles. The fourth-order valence-corrected chi connectivity index (χ4v) is 5.04. The first-order chi connectivity index (χ1) is 17.4. The number of hydrogen-bond acceptors (Lipinski definition) is 5. The second kappa shape index (κ2) is 8.17. The minimum Gasteiger partial charge on any atom is -0.506 e. The summed E-state index contributed by atoms with van der Waals surface area (Å²) >= 11 is 0. The van der Waals surface area contributed by atoms with Crippen LogP contribution in [0.5, 0.6) is 0 Å². The summed E-state index contributed by atoms with van der Waals surface area (Å²) in [5, 5.41) is 17.4. The molecule has 0 amide bonds. The number of benzene rings is 4. The summed E-state index contributed by atoms with van der Waals surface area (Å²) in [6.45, 7) is 4.05. The second-order valence-electron chi connectivity index (χ2n) is 9.08. The van der Waals surface area contributed by atoms with E-state index in [4.69, 9.17) is 0 Å². The van der Waals surface area contributed by atoms with Gasteiger partial charge in [0.25, 0.3) is 5.56 Å². The first kappa shape index (κ1) is 21.7. The average Bonchev–Trinajstić information content (AvgIpc) is 2.89. The Bertz CT molecular complexity index is 2040. The van der Waals surface area contributed by atoms with Crippen molar-refractivity contribution >= 4 is 38.8 Å². The monoisotopic (exact) mass is 470 g/mol. The molecule has 174 valence electrons. The standard InChI is InChI=1S/C31H22N2O3/c1-17-12-13-22(18(2)16-17)32-24-15-14-23-26-25(20-10-6-7-11-21(20)30(35)27(24)26)28(31(36)33-23)29(34)19-8-4-3-5-9-19/h3-16,32,34H,1-2H3/b29-28-. The molecular formula is C31H22N2O3. The molecule has 5 heteroatoms. The van der Waals surface area contributed by atoms with E-state index in [1.54, 1.807) is 48.5 Å². The summed E-state index contributed by atoms with van der Waals surface area (Å²) in [6, 6.07) is 25.7. The van der Waals surface area contributed by atoms with Crippen LogP contribution in [-0.2, 0) is 0 Å². The molecule has 0 atom stereocenters. The number of fused-ring (bicyclic) bond motifs is 2. The molecule has 0 aromatic heterocycles. The van der Waals surface area contributed by atoms with Gasteiger partial charge in [0.2, 0.25) is 0 Å². The summed E-state index contributed by atoms with van der Waals surface area (Å²) in [6.07, 6.45) is 0. The average molecular weight is 471 g/mol. The first-order valence-corrected chi connectivity index (χ1v) is 11.7. The third kappa shape index (κ3) is 3.28. The van der Waals surface area contributed by atoms with Gasteiger partial charge in [-0.2, -0.15) is 0 Å². The molecule has 2 N–H and O–H groups in total. The van der Waals surface area contributed by atoms with Gasteiger partial charge in [-0.3, -0.25) is 9.59 Å². The summed E-state index contributed by atoms with van der Waals surface area (Å²) in [7, 11) is 0. The van der Waals surface area contributed by atoms with E-state index in [1.807, 2.05) is 44.2 Å². The van der Waals surface area contributed by atoms with E-state index in [0.29, 0.717) is 43.4 Å². The number of aryl methyl sites for hydroxylation is 2. The van der Waals surface area contributed by atoms with E-state index in [-0.39, 0.29) is 16.4 Å². The van der Waals surface area contributed by atoms with Crippen LogP contribution in [0.4, 0.5) is 11.4 Å². The molecule has 0 saturated heterocycles. The van der Waals surface area contributed by atoms with Crippen LogP contribution >= 0.6 is 0 Å². The Hall–Kier alpha value is -4.77. The molecule has 0 unspecified atom stereocenters. The van der Waals surface area contributed by atoms with Gasteiger partial charge in [0.15, 0.2) is 5.43 Å². The molecule has 36 heavy (non-hydrogen) atoms. The van der Waals surface area contributed by atoms with Crippen molar-refractivity contribution in [3.8, 4) is 0 Å². The lowest BCUT2D eigenvalue weighted by Gasteiger charge is -2.14. The third-order valence-corrected chi connectivity index (χ3v) is 6.72. The normalized spacial score (nSPS) is 12.4. The van der Waals surface area contributed by atoms with Gasteiger partial charge in [-0.1, -0.05) is 72.3 Å². The first-order valence-electron chi connectivity index (χ1n) is 11.7. The van der Waals surface area contributed by atoms with Gasteiger partial charge in [-0.25, -0.2) is 4.98 Å². The van der Waals surface area contributed by atoms with Crippen LogP contribution in [0, 0.1) is 24.3 Å². The highest BCUT2D eigenvalue weighted by atomic mass is 16.3. The molecular weight excluding hydrogens is 448 g/mol. The van der Waals surface area contributed by atoms with Crippen molar-refractivity contribution in [1.29, 1.82) is 0 Å². The zero-order chi connectivity index (χ0) is 25.0. The molecule has 0 spiro atoms. The van der Waals surface area contributed by atoms with Crippen LogP contribution < -0.4 is 21.5 Å². The predicted molar refractivity (Wildman–Crippen MR) is 144 cm³/mol.